The molecule has 1 N–H and O–H groups in total. The zero-order valence-corrected chi connectivity index (χ0v) is 21.2. The number of furan rings is 1. The van der Waals surface area contributed by atoms with Gasteiger partial charge in [-0.2, -0.15) is 5.26 Å². The van der Waals surface area contributed by atoms with Crippen molar-refractivity contribution in [2.24, 2.45) is 0 Å². The molecule has 5 rings (SSSR count). The number of nitro benzene ring substituents is 1. The zero-order chi connectivity index (χ0) is 28.2. The molecule has 0 saturated carbocycles. The van der Waals surface area contributed by atoms with E-state index in [4.69, 9.17) is 4.42 Å². The number of hydrogen-bond donors (Lipinski definition) is 1. The Morgan fingerprint density at radius 1 is 1.02 bits per heavy atom. The molecular weight excluding hydrogens is 535 g/mol. The second-order valence-electron chi connectivity index (χ2n) is 8.35. The highest BCUT2D eigenvalue weighted by Gasteiger charge is 2.18. The first-order valence-electron chi connectivity index (χ1n) is 11.7. The number of carbonyl (C=O) groups is 1. The van der Waals surface area contributed by atoms with Crippen molar-refractivity contribution in [3.05, 3.63) is 132 Å². The smallest absolute Gasteiger partial charge is 0.273 e. The van der Waals surface area contributed by atoms with E-state index in [9.17, 15) is 29.4 Å². The van der Waals surface area contributed by atoms with Gasteiger partial charge >= 0.3 is 0 Å². The number of nitrogens with zero attached hydrogens (tertiary/aromatic N) is 3. The first-order valence-corrected chi connectivity index (χ1v) is 12.5. The highest BCUT2D eigenvalue weighted by Crippen LogP contribution is 2.24. The number of benzene rings is 3. The van der Waals surface area contributed by atoms with E-state index in [1.807, 2.05) is 6.07 Å². The number of aromatic nitrogens is 1. The van der Waals surface area contributed by atoms with Crippen LogP contribution in [0.1, 0.15) is 5.76 Å². The fourth-order valence-electron chi connectivity index (χ4n) is 3.85. The highest BCUT2D eigenvalue weighted by atomic mass is 32.1. The summed E-state index contributed by atoms with van der Waals surface area (Å²) in [5.41, 5.74) is 0.513. The first kappa shape index (κ1) is 26.0. The number of para-hydroxylation sites is 1. The summed E-state index contributed by atoms with van der Waals surface area (Å²) in [4.78, 5) is 37.1. The molecule has 2 aromatic heterocycles. The Balaban J connectivity index is 1.61. The van der Waals surface area contributed by atoms with E-state index in [-0.39, 0.29) is 26.1 Å². The van der Waals surface area contributed by atoms with Gasteiger partial charge in [0.2, 0.25) is 0 Å². The maximum Gasteiger partial charge on any atom is 0.273 e. The van der Waals surface area contributed by atoms with Crippen LogP contribution < -0.4 is 20.1 Å². The molecular formula is C29H17FN4O5S. The van der Waals surface area contributed by atoms with E-state index in [1.165, 1.54) is 47.0 Å². The molecule has 0 aliphatic heterocycles. The lowest BCUT2D eigenvalue weighted by Crippen LogP contribution is -2.32. The minimum Gasteiger partial charge on any atom is -0.457 e. The van der Waals surface area contributed by atoms with Crippen LogP contribution in [0.25, 0.3) is 28.7 Å². The molecule has 0 saturated heterocycles. The van der Waals surface area contributed by atoms with E-state index in [0.717, 1.165) is 11.3 Å². The van der Waals surface area contributed by atoms with Crippen molar-refractivity contribution in [2.75, 3.05) is 5.32 Å². The topological polar surface area (TPSA) is 131 Å². The molecule has 3 aromatic carbocycles. The van der Waals surface area contributed by atoms with Crippen LogP contribution >= 0.6 is 11.3 Å². The number of thiazole rings is 1. The zero-order valence-electron chi connectivity index (χ0n) is 20.4. The van der Waals surface area contributed by atoms with Crippen molar-refractivity contribution in [1.29, 1.82) is 5.26 Å². The summed E-state index contributed by atoms with van der Waals surface area (Å²) in [6, 6.07) is 24.7. The number of amides is 1. The number of nitriles is 1. The number of rotatable bonds is 6. The molecule has 0 atom stereocenters. The maximum absolute atomic E-state index is 13.6. The first-order chi connectivity index (χ1) is 19.3. The molecule has 0 aliphatic carbocycles. The lowest BCUT2D eigenvalue weighted by Gasteiger charge is -2.05. The summed E-state index contributed by atoms with van der Waals surface area (Å²) in [6.45, 7) is 0. The van der Waals surface area contributed by atoms with Gasteiger partial charge in [-0.3, -0.25) is 24.3 Å². The fraction of sp³-hybridized carbons (Fsp3) is 0. The third-order valence-corrected chi connectivity index (χ3v) is 6.85. The van der Waals surface area contributed by atoms with Gasteiger partial charge in [-0.25, -0.2) is 4.39 Å². The lowest BCUT2D eigenvalue weighted by atomic mass is 10.1. The average Bonchev–Trinajstić information content (AvgIpc) is 3.55. The number of carbonyl (C=O) groups excluding carboxylic acids is 1. The highest BCUT2D eigenvalue weighted by molar-refractivity contribution is 7.07. The maximum atomic E-state index is 13.6. The van der Waals surface area contributed by atoms with E-state index in [2.05, 4.69) is 5.32 Å². The Hall–Kier alpha value is -5.60. The van der Waals surface area contributed by atoms with Crippen LogP contribution in [0.3, 0.4) is 0 Å². The summed E-state index contributed by atoms with van der Waals surface area (Å²) in [7, 11) is 0. The van der Waals surface area contributed by atoms with Gasteiger partial charge in [-0.15, -0.1) is 11.3 Å². The average molecular weight is 553 g/mol. The van der Waals surface area contributed by atoms with Crippen LogP contribution in [0.4, 0.5) is 15.8 Å². The Labute approximate surface area is 229 Å². The Morgan fingerprint density at radius 2 is 1.73 bits per heavy atom. The molecule has 11 heteroatoms. The number of nitro groups is 1. The van der Waals surface area contributed by atoms with Crippen LogP contribution in [0.2, 0.25) is 0 Å². The van der Waals surface area contributed by atoms with Crippen LogP contribution in [-0.4, -0.2) is 15.4 Å². The van der Waals surface area contributed by atoms with Crippen LogP contribution in [0.15, 0.2) is 100 Å². The van der Waals surface area contributed by atoms with E-state index < -0.39 is 22.2 Å². The molecule has 0 bridgehead atoms. The van der Waals surface area contributed by atoms with Crippen LogP contribution in [0.5, 0.6) is 0 Å². The Bertz CT molecular complexity index is 1950. The van der Waals surface area contributed by atoms with Crippen molar-refractivity contribution in [2.45, 2.75) is 0 Å². The molecule has 0 radical (unpaired) electrons. The number of anilines is 1. The molecule has 196 valence electrons. The van der Waals surface area contributed by atoms with Crippen molar-refractivity contribution in [1.82, 2.24) is 4.57 Å². The monoisotopic (exact) mass is 552 g/mol. The van der Waals surface area contributed by atoms with Gasteiger partial charge in [0.25, 0.3) is 17.2 Å². The normalized spacial score (nSPS) is 12.1. The predicted octanol–water partition coefficient (Wildman–Crippen LogP) is 4.35. The molecule has 0 spiro atoms. The van der Waals surface area contributed by atoms with E-state index in [0.29, 0.717) is 22.8 Å². The third-order valence-electron chi connectivity index (χ3n) is 5.76. The molecule has 9 nitrogen and oxygen atoms in total. The molecule has 40 heavy (non-hydrogen) atoms. The largest absolute Gasteiger partial charge is 0.457 e. The Morgan fingerprint density at radius 3 is 2.38 bits per heavy atom. The van der Waals surface area contributed by atoms with Crippen LogP contribution in [0, 0.1) is 27.3 Å². The van der Waals surface area contributed by atoms with Crippen molar-refractivity contribution in [3.63, 3.8) is 0 Å². The number of halogens is 1. The number of nitrogens with one attached hydrogen (secondary N) is 1. The third kappa shape index (κ3) is 5.33. The van der Waals surface area contributed by atoms with Crippen LogP contribution in [-0.2, 0) is 4.79 Å². The van der Waals surface area contributed by atoms with E-state index in [1.54, 1.807) is 54.6 Å². The van der Waals surface area contributed by atoms with Crippen molar-refractivity contribution >= 4 is 40.3 Å². The summed E-state index contributed by atoms with van der Waals surface area (Å²) in [6.07, 6.45) is 1.50. The number of non-ortho nitro benzene ring substituents is 1. The standard InChI is InChI=1S/C29H17FN4O5S/c30-19-8-10-20(11-9-19)32-27(35)24(17-31)29-33(21-4-2-1-3-5-21)28(36)26(40-29)16-23-14-15-25(39-23)18-6-12-22(13-7-18)34(37)38/h1-16H,(H,32,35)/b26-16+,29-24-. The van der Waals surface area contributed by atoms with Gasteiger partial charge in [0.1, 0.15) is 28.1 Å². The predicted molar refractivity (Wildman–Crippen MR) is 148 cm³/mol. The SMILES string of the molecule is N#C/C(C(=O)Nc1ccc(F)cc1)=c1/s/c(=C/c2ccc(-c3ccc([N+](=O)[O-])cc3)o2)c(=O)n1-c1ccccc1. The van der Waals surface area contributed by atoms with E-state index >= 15 is 0 Å². The van der Waals surface area contributed by atoms with Gasteiger partial charge < -0.3 is 9.73 Å². The van der Waals surface area contributed by atoms with Gasteiger partial charge in [0, 0.05) is 29.5 Å². The molecule has 0 fully saturated rings. The fourth-order valence-corrected chi connectivity index (χ4v) is 4.93. The van der Waals surface area contributed by atoms with Crippen molar-refractivity contribution < 1.29 is 18.5 Å². The minimum absolute atomic E-state index is 0.0531. The summed E-state index contributed by atoms with van der Waals surface area (Å²) >= 11 is 0.940. The molecule has 2 heterocycles. The summed E-state index contributed by atoms with van der Waals surface area (Å²) in [5, 5.41) is 23.4. The van der Waals surface area contributed by atoms with Gasteiger partial charge in [0.15, 0.2) is 5.57 Å². The van der Waals surface area contributed by atoms with Gasteiger partial charge in [-0.05, 0) is 60.7 Å². The van der Waals surface area contributed by atoms with Gasteiger partial charge in [-0.1, -0.05) is 18.2 Å². The minimum atomic E-state index is -0.759. The lowest BCUT2D eigenvalue weighted by molar-refractivity contribution is -0.384. The molecule has 0 unspecified atom stereocenters. The van der Waals surface area contributed by atoms with Gasteiger partial charge in [0.05, 0.1) is 15.1 Å². The summed E-state index contributed by atoms with van der Waals surface area (Å²) in [5.74, 6) is -0.476. The second-order valence-corrected chi connectivity index (χ2v) is 9.38. The molecule has 5 aromatic rings. The quantitative estimate of drug-likeness (QED) is 0.246. The van der Waals surface area contributed by atoms with Crippen molar-refractivity contribution in [3.8, 4) is 23.1 Å². The molecule has 1 amide bonds. The number of hydrogen-bond acceptors (Lipinski definition) is 7. The second kappa shape index (κ2) is 11.0. The molecule has 0 aliphatic rings. The Kier molecular flexibility index (Phi) is 7.17. The summed E-state index contributed by atoms with van der Waals surface area (Å²) < 4.78 is 20.7.